The van der Waals surface area contributed by atoms with E-state index in [1.807, 2.05) is 6.92 Å². The second kappa shape index (κ2) is 4.44. The fourth-order valence-corrected chi connectivity index (χ4v) is 1.78. The van der Waals surface area contributed by atoms with Gasteiger partial charge in [0.2, 0.25) is 5.91 Å². The normalized spacial score (nSPS) is 30.5. The Kier molecular flexibility index (Phi) is 3.66. The first kappa shape index (κ1) is 12.4. The smallest absolute Gasteiger partial charge is 0.335 e. The van der Waals surface area contributed by atoms with Crippen molar-refractivity contribution in [1.29, 1.82) is 0 Å². The highest BCUT2D eigenvalue weighted by molar-refractivity contribution is 7.83. The minimum atomic E-state index is -3.83. The van der Waals surface area contributed by atoms with Gasteiger partial charge in [-0.3, -0.25) is 9.35 Å². The molecule has 0 aromatic heterocycles. The Hall–Kier alpha value is -0.700. The number of nitrogens with two attached hydrogens (primary N) is 1. The number of hydrogen-bond acceptors (Lipinski definition) is 4. The fourth-order valence-electron chi connectivity index (χ4n) is 1.06. The summed E-state index contributed by atoms with van der Waals surface area (Å²) < 4.78 is 29.4. The van der Waals surface area contributed by atoms with Gasteiger partial charge in [-0.2, -0.15) is 12.7 Å². The van der Waals surface area contributed by atoms with Crippen molar-refractivity contribution in [3.05, 3.63) is 0 Å². The van der Waals surface area contributed by atoms with Crippen molar-refractivity contribution >= 4 is 16.2 Å². The summed E-state index contributed by atoms with van der Waals surface area (Å²) in [5.41, 5.74) is 5.25. The van der Waals surface area contributed by atoms with Crippen LogP contribution in [0.5, 0.6) is 0 Å². The van der Waals surface area contributed by atoms with Crippen LogP contribution in [0.4, 0.5) is 0 Å². The first-order chi connectivity index (χ1) is 6.82. The Morgan fingerprint density at radius 3 is 2.07 bits per heavy atom. The molecular weight excluding hydrogens is 222 g/mol. The van der Waals surface area contributed by atoms with Gasteiger partial charge in [0, 0.05) is 13.1 Å². The van der Waals surface area contributed by atoms with Crippen molar-refractivity contribution in [3.8, 4) is 0 Å². The highest BCUT2D eigenvalue weighted by Gasteiger charge is 2.31. The maximum absolute atomic E-state index is 10.2. The molecule has 0 saturated carbocycles. The van der Waals surface area contributed by atoms with Gasteiger partial charge >= 0.3 is 10.3 Å². The van der Waals surface area contributed by atoms with Crippen LogP contribution in [0.15, 0.2) is 0 Å². The van der Waals surface area contributed by atoms with Crippen LogP contribution in [0.2, 0.25) is 0 Å². The van der Waals surface area contributed by atoms with Crippen molar-refractivity contribution in [2.45, 2.75) is 25.4 Å². The van der Waals surface area contributed by atoms with Crippen LogP contribution in [0.1, 0.15) is 13.3 Å². The predicted molar refractivity (Wildman–Crippen MR) is 53.3 cm³/mol. The Morgan fingerprint density at radius 2 is 2.07 bits per heavy atom. The summed E-state index contributed by atoms with van der Waals surface area (Å²) in [4.78, 5) is 10.2. The van der Waals surface area contributed by atoms with E-state index in [4.69, 9.17) is 10.3 Å². The summed E-state index contributed by atoms with van der Waals surface area (Å²) in [6, 6.07) is -0.0625. The molecule has 1 amide bonds. The third-order valence-corrected chi connectivity index (χ3v) is 3.37. The van der Waals surface area contributed by atoms with E-state index in [0.717, 1.165) is 10.7 Å². The van der Waals surface area contributed by atoms with Gasteiger partial charge < -0.3 is 11.1 Å². The number of hydrogen-bond donors (Lipinski definition) is 3. The zero-order valence-electron chi connectivity index (χ0n) is 8.38. The maximum Gasteiger partial charge on any atom is 0.335 e. The van der Waals surface area contributed by atoms with Crippen LogP contribution in [0, 0.1) is 0 Å². The molecule has 0 aromatic carbocycles. The second-order valence-electron chi connectivity index (χ2n) is 3.55. The van der Waals surface area contributed by atoms with Crippen LogP contribution >= 0.6 is 0 Å². The van der Waals surface area contributed by atoms with Crippen molar-refractivity contribution in [2.75, 3.05) is 13.1 Å². The molecule has 0 bridgehead atoms. The lowest BCUT2D eigenvalue weighted by atomic mass is 10.0. The van der Waals surface area contributed by atoms with E-state index < -0.39 is 10.3 Å². The Bertz CT molecular complexity index is 338. The molecule has 0 spiro atoms. The van der Waals surface area contributed by atoms with Gasteiger partial charge in [-0.25, -0.2) is 0 Å². The second-order valence-corrected chi connectivity index (χ2v) is 4.97. The number of carbonyl (C=O) groups excluding carboxylic acids is 1. The number of carbonyl (C=O) groups is 1. The van der Waals surface area contributed by atoms with Crippen LogP contribution in [-0.4, -0.2) is 48.4 Å². The maximum atomic E-state index is 10.2. The highest BCUT2D eigenvalue weighted by atomic mass is 32.2. The van der Waals surface area contributed by atoms with Crippen LogP contribution < -0.4 is 11.1 Å². The number of amides is 1. The van der Waals surface area contributed by atoms with E-state index in [2.05, 4.69) is 5.32 Å². The summed E-state index contributed by atoms with van der Waals surface area (Å²) in [6.45, 7) is 2.82. The summed E-state index contributed by atoms with van der Waals surface area (Å²) in [5, 5.41) is 2.59. The molecule has 8 heteroatoms. The van der Waals surface area contributed by atoms with Gasteiger partial charge in [-0.1, -0.05) is 0 Å². The molecule has 88 valence electrons. The molecule has 0 radical (unpaired) electrons. The lowest BCUT2D eigenvalue weighted by Crippen LogP contribution is -2.65. The molecule has 0 aromatic rings. The Labute approximate surface area is 88.5 Å². The summed E-state index contributed by atoms with van der Waals surface area (Å²) in [5.74, 6) is -0.0347. The molecule has 2 atom stereocenters. The molecule has 0 aliphatic carbocycles. The monoisotopic (exact) mass is 237 g/mol. The summed E-state index contributed by atoms with van der Waals surface area (Å²) in [7, 11) is -3.83. The molecule has 0 unspecified atom stereocenters. The molecule has 2 saturated heterocycles. The molecular formula is C7H15N3O4S. The zero-order chi connectivity index (χ0) is 11.6. The number of rotatable bonds is 1. The molecule has 15 heavy (non-hydrogen) atoms. The zero-order valence-corrected chi connectivity index (χ0v) is 9.20. The van der Waals surface area contributed by atoms with E-state index >= 15 is 0 Å². The van der Waals surface area contributed by atoms with Crippen molar-refractivity contribution in [2.24, 2.45) is 5.73 Å². The van der Waals surface area contributed by atoms with Gasteiger partial charge in [-0.05, 0) is 13.3 Å². The molecule has 2 rings (SSSR count). The van der Waals surface area contributed by atoms with Gasteiger partial charge in [-0.15, -0.1) is 0 Å². The Morgan fingerprint density at radius 1 is 1.53 bits per heavy atom. The third-order valence-electron chi connectivity index (χ3n) is 2.35. The average Bonchev–Trinajstić information content (AvgIpc) is 1.99. The predicted octanol–water partition coefficient (Wildman–Crippen LogP) is -1.67. The van der Waals surface area contributed by atoms with E-state index in [1.165, 1.54) is 0 Å². The van der Waals surface area contributed by atoms with Gasteiger partial charge in [0.15, 0.2) is 0 Å². The van der Waals surface area contributed by atoms with Gasteiger partial charge in [0.1, 0.15) is 6.04 Å². The molecule has 2 fully saturated rings. The fraction of sp³-hybridized carbons (Fsp3) is 0.857. The van der Waals surface area contributed by atoms with E-state index in [0.29, 0.717) is 13.1 Å². The van der Waals surface area contributed by atoms with Gasteiger partial charge in [0.05, 0.1) is 6.04 Å². The molecule has 4 N–H and O–H groups in total. The van der Waals surface area contributed by atoms with Gasteiger partial charge in [0.25, 0.3) is 0 Å². The van der Waals surface area contributed by atoms with E-state index in [1.54, 1.807) is 0 Å². The lowest BCUT2D eigenvalue weighted by Gasteiger charge is -2.30. The number of nitrogens with zero attached hydrogens (tertiary/aromatic N) is 1. The summed E-state index contributed by atoms with van der Waals surface area (Å²) >= 11 is 0. The minimum absolute atomic E-state index is 0.0347. The quantitative estimate of drug-likeness (QED) is 0.373. The third kappa shape index (κ3) is 3.13. The SMILES string of the molecule is C[C@@H]1NC(=O)[C@H]1N.O=S(=O)(O)N1CCC1. The van der Waals surface area contributed by atoms with E-state index in [-0.39, 0.29) is 18.0 Å². The van der Waals surface area contributed by atoms with Crippen LogP contribution in [-0.2, 0) is 15.1 Å². The first-order valence-corrected chi connectivity index (χ1v) is 6.00. The van der Waals surface area contributed by atoms with Crippen LogP contribution in [0.3, 0.4) is 0 Å². The highest BCUT2D eigenvalue weighted by Crippen LogP contribution is 2.08. The van der Waals surface area contributed by atoms with Crippen molar-refractivity contribution < 1.29 is 17.8 Å². The standard InChI is InChI=1S/C4H8N2O.C3H7NO3S/c1-2-3(5)4(7)6-2;5-8(6,7)4-2-1-3-4/h2-3H,5H2,1H3,(H,6,7);1-3H2,(H,5,6,7)/t2-,3-;/m0./s1. The minimum Gasteiger partial charge on any atom is -0.350 e. The van der Waals surface area contributed by atoms with Crippen LogP contribution in [0.25, 0.3) is 0 Å². The molecule has 2 aliphatic heterocycles. The molecule has 7 nitrogen and oxygen atoms in total. The average molecular weight is 237 g/mol. The topological polar surface area (TPSA) is 113 Å². The summed E-state index contributed by atoms with van der Waals surface area (Å²) in [6.07, 6.45) is 0.861. The van der Waals surface area contributed by atoms with Crippen molar-refractivity contribution in [1.82, 2.24) is 9.62 Å². The first-order valence-electron chi connectivity index (χ1n) is 4.61. The molecule has 2 aliphatic rings. The number of β-lactam (4-membered cyclic amide) rings is 1. The molecule has 2 heterocycles. The Balaban J connectivity index is 0.000000151. The largest absolute Gasteiger partial charge is 0.350 e. The number of nitrogens with one attached hydrogen (secondary N) is 1. The van der Waals surface area contributed by atoms with Crippen molar-refractivity contribution in [3.63, 3.8) is 0 Å². The lowest BCUT2D eigenvalue weighted by molar-refractivity contribution is -0.129. The van der Waals surface area contributed by atoms with E-state index in [9.17, 15) is 13.2 Å².